The maximum atomic E-state index is 10.4. The van der Waals surface area contributed by atoms with E-state index in [0.717, 1.165) is 16.1 Å². The lowest BCUT2D eigenvalue weighted by molar-refractivity contribution is 0.179. The Kier molecular flexibility index (Phi) is 4.58. The molecule has 102 valence electrons. The summed E-state index contributed by atoms with van der Waals surface area (Å²) in [6.45, 7) is 6.26. The summed E-state index contributed by atoms with van der Waals surface area (Å²) >= 11 is 3.57. The van der Waals surface area contributed by atoms with E-state index in [0.29, 0.717) is 6.42 Å². The van der Waals surface area contributed by atoms with Crippen LogP contribution in [0.25, 0.3) is 0 Å². The molecule has 5 heteroatoms. The van der Waals surface area contributed by atoms with E-state index in [1.54, 1.807) is 0 Å². The van der Waals surface area contributed by atoms with Gasteiger partial charge >= 0.3 is 0 Å². The Morgan fingerprint density at radius 1 is 1.26 bits per heavy atom. The smallest absolute Gasteiger partial charge is 0.0957 e. The standard InChI is InChI=1S/C14H17IN2OS/c1-14(2,3)13-12(19-17-16-13)11(18)8-9-4-6-10(15)7-5-9/h4-7,11,18H,8H2,1-3H3. The number of aliphatic hydroxyl groups excluding tert-OH is 1. The van der Waals surface area contributed by atoms with Crippen molar-refractivity contribution < 1.29 is 5.11 Å². The minimum absolute atomic E-state index is 0.0879. The van der Waals surface area contributed by atoms with Crippen LogP contribution >= 0.6 is 34.1 Å². The average Bonchev–Trinajstić information content (AvgIpc) is 2.81. The van der Waals surface area contributed by atoms with E-state index in [4.69, 9.17) is 0 Å². The molecule has 3 nitrogen and oxygen atoms in total. The highest BCUT2D eigenvalue weighted by molar-refractivity contribution is 14.1. The Morgan fingerprint density at radius 3 is 2.47 bits per heavy atom. The van der Waals surface area contributed by atoms with Crippen LogP contribution in [0.15, 0.2) is 24.3 Å². The molecular formula is C14H17IN2OS. The molecule has 1 unspecified atom stereocenters. The molecule has 2 aromatic rings. The van der Waals surface area contributed by atoms with Crippen molar-refractivity contribution in [3.8, 4) is 0 Å². The predicted octanol–water partition coefficient (Wildman–Crippen LogP) is 3.72. The van der Waals surface area contributed by atoms with E-state index in [-0.39, 0.29) is 5.41 Å². The van der Waals surface area contributed by atoms with E-state index in [9.17, 15) is 5.11 Å². The van der Waals surface area contributed by atoms with Crippen LogP contribution in [0.5, 0.6) is 0 Å². The van der Waals surface area contributed by atoms with Crippen LogP contribution < -0.4 is 0 Å². The third kappa shape index (κ3) is 3.73. The van der Waals surface area contributed by atoms with Crippen molar-refractivity contribution in [1.82, 2.24) is 9.59 Å². The molecule has 0 saturated heterocycles. The molecule has 0 saturated carbocycles. The van der Waals surface area contributed by atoms with E-state index in [1.165, 1.54) is 15.1 Å². The molecule has 0 fully saturated rings. The first-order chi connectivity index (χ1) is 8.88. The molecule has 0 amide bonds. The van der Waals surface area contributed by atoms with Crippen LogP contribution in [0, 0.1) is 3.57 Å². The maximum absolute atomic E-state index is 10.4. The average molecular weight is 388 g/mol. The highest BCUT2D eigenvalue weighted by Gasteiger charge is 2.26. The quantitative estimate of drug-likeness (QED) is 0.816. The van der Waals surface area contributed by atoms with Crippen molar-refractivity contribution in [3.05, 3.63) is 44.0 Å². The highest BCUT2D eigenvalue weighted by atomic mass is 127. The molecule has 1 N–H and O–H groups in total. The Balaban J connectivity index is 2.19. The largest absolute Gasteiger partial charge is 0.387 e. The number of rotatable bonds is 3. The number of halogens is 1. The van der Waals surface area contributed by atoms with Crippen LogP contribution in [0.3, 0.4) is 0 Å². The van der Waals surface area contributed by atoms with Gasteiger partial charge in [0.1, 0.15) is 0 Å². The van der Waals surface area contributed by atoms with Crippen LogP contribution in [0.1, 0.15) is 43.0 Å². The zero-order chi connectivity index (χ0) is 14.0. The molecule has 0 aliphatic rings. The molecule has 2 rings (SSSR count). The van der Waals surface area contributed by atoms with Gasteiger partial charge in [-0.25, -0.2) is 0 Å². The van der Waals surface area contributed by atoms with Gasteiger partial charge in [-0.05, 0) is 51.8 Å². The van der Waals surface area contributed by atoms with Crippen molar-refractivity contribution in [2.24, 2.45) is 0 Å². The zero-order valence-electron chi connectivity index (χ0n) is 11.2. The molecule has 19 heavy (non-hydrogen) atoms. The number of aromatic nitrogens is 2. The fraction of sp³-hybridized carbons (Fsp3) is 0.429. The van der Waals surface area contributed by atoms with Gasteiger partial charge in [-0.2, -0.15) is 0 Å². The van der Waals surface area contributed by atoms with E-state index < -0.39 is 6.10 Å². The lowest BCUT2D eigenvalue weighted by Gasteiger charge is -2.19. The van der Waals surface area contributed by atoms with E-state index >= 15 is 0 Å². The first-order valence-corrected chi connectivity index (χ1v) is 7.98. The fourth-order valence-corrected chi connectivity index (χ4v) is 3.08. The number of hydrogen-bond acceptors (Lipinski definition) is 4. The molecule has 0 aliphatic heterocycles. The van der Waals surface area contributed by atoms with Crippen molar-refractivity contribution in [3.63, 3.8) is 0 Å². The normalized spacial score (nSPS) is 13.5. The summed E-state index contributed by atoms with van der Waals surface area (Å²) in [7, 11) is 0. The van der Waals surface area contributed by atoms with Crippen molar-refractivity contribution in [2.45, 2.75) is 38.7 Å². The third-order valence-electron chi connectivity index (χ3n) is 2.87. The first kappa shape index (κ1) is 14.9. The molecule has 0 radical (unpaired) electrons. The van der Waals surface area contributed by atoms with E-state index in [1.807, 2.05) is 0 Å². The van der Waals surface area contributed by atoms with Gasteiger partial charge in [0.05, 0.1) is 16.7 Å². The van der Waals surface area contributed by atoms with E-state index in [2.05, 4.69) is 77.2 Å². The molecule has 0 spiro atoms. The number of aliphatic hydroxyl groups is 1. The topological polar surface area (TPSA) is 46.0 Å². The summed E-state index contributed by atoms with van der Waals surface area (Å²) in [5.74, 6) is 0. The Morgan fingerprint density at radius 2 is 1.89 bits per heavy atom. The second-order valence-electron chi connectivity index (χ2n) is 5.58. The molecule has 0 aliphatic carbocycles. The van der Waals surface area contributed by atoms with Crippen LogP contribution in [0.4, 0.5) is 0 Å². The Hall–Kier alpha value is -0.530. The first-order valence-electron chi connectivity index (χ1n) is 6.13. The lowest BCUT2D eigenvalue weighted by Crippen LogP contribution is -2.16. The molecule has 1 aromatic heterocycles. The van der Waals surface area contributed by atoms with Crippen molar-refractivity contribution in [2.75, 3.05) is 0 Å². The summed E-state index contributed by atoms with van der Waals surface area (Å²) in [5.41, 5.74) is 1.94. The zero-order valence-corrected chi connectivity index (χ0v) is 14.2. The van der Waals surface area contributed by atoms with Crippen molar-refractivity contribution in [1.29, 1.82) is 0 Å². The van der Waals surface area contributed by atoms with Crippen LogP contribution in [0.2, 0.25) is 0 Å². The monoisotopic (exact) mass is 388 g/mol. The minimum Gasteiger partial charge on any atom is -0.387 e. The minimum atomic E-state index is -0.533. The summed E-state index contributed by atoms with van der Waals surface area (Å²) in [5, 5.41) is 14.6. The predicted molar refractivity (Wildman–Crippen MR) is 86.4 cm³/mol. The van der Waals surface area contributed by atoms with Gasteiger partial charge in [-0.1, -0.05) is 37.4 Å². The Bertz CT molecular complexity index is 545. The van der Waals surface area contributed by atoms with Gasteiger partial charge in [0.15, 0.2) is 0 Å². The van der Waals surface area contributed by atoms with Crippen LogP contribution in [-0.4, -0.2) is 14.7 Å². The molecule has 1 heterocycles. The summed E-state index contributed by atoms with van der Waals surface area (Å²) in [6.07, 6.45) is 0.0680. The molecular weight excluding hydrogens is 371 g/mol. The number of hydrogen-bond donors (Lipinski definition) is 1. The molecule has 1 atom stereocenters. The van der Waals surface area contributed by atoms with Crippen molar-refractivity contribution >= 4 is 34.1 Å². The highest BCUT2D eigenvalue weighted by Crippen LogP contribution is 2.31. The lowest BCUT2D eigenvalue weighted by atomic mass is 9.89. The molecule has 0 bridgehead atoms. The van der Waals surface area contributed by atoms with Crippen LogP contribution in [-0.2, 0) is 11.8 Å². The van der Waals surface area contributed by atoms with Gasteiger partial charge in [0.25, 0.3) is 0 Å². The molecule has 1 aromatic carbocycles. The Labute approximate surface area is 131 Å². The third-order valence-corrected chi connectivity index (χ3v) is 4.41. The van der Waals surface area contributed by atoms with Gasteiger partial charge in [0, 0.05) is 15.4 Å². The SMILES string of the molecule is CC(C)(C)c1nnsc1C(O)Cc1ccc(I)cc1. The number of nitrogens with zero attached hydrogens (tertiary/aromatic N) is 2. The fourth-order valence-electron chi connectivity index (χ4n) is 1.87. The van der Waals surface area contributed by atoms with Gasteiger partial charge in [-0.3, -0.25) is 0 Å². The number of benzene rings is 1. The second kappa shape index (κ2) is 5.85. The maximum Gasteiger partial charge on any atom is 0.0957 e. The van der Waals surface area contributed by atoms with Gasteiger partial charge in [-0.15, -0.1) is 5.10 Å². The summed E-state index contributed by atoms with van der Waals surface area (Å²) in [4.78, 5) is 0.881. The second-order valence-corrected chi connectivity index (χ2v) is 7.61. The van der Waals surface area contributed by atoms with Gasteiger partial charge < -0.3 is 5.11 Å². The van der Waals surface area contributed by atoms with Gasteiger partial charge in [0.2, 0.25) is 0 Å². The summed E-state index contributed by atoms with van der Waals surface area (Å²) < 4.78 is 5.20. The summed E-state index contributed by atoms with van der Waals surface area (Å²) in [6, 6.07) is 8.21.